The summed E-state index contributed by atoms with van der Waals surface area (Å²) in [6, 6.07) is 7.01. The van der Waals surface area contributed by atoms with Crippen LogP contribution in [0.5, 0.6) is 0 Å². The van der Waals surface area contributed by atoms with Crippen LogP contribution in [-0.2, 0) is 20.5 Å². The number of carbonyl (C=O) groups excluding carboxylic acids is 1. The molecule has 1 atom stereocenters. The van der Waals surface area contributed by atoms with Gasteiger partial charge in [0.2, 0.25) is 10.0 Å². The summed E-state index contributed by atoms with van der Waals surface area (Å²) in [5.41, 5.74) is 0.798. The molecule has 1 aromatic carbocycles. The second kappa shape index (κ2) is 7.82. The van der Waals surface area contributed by atoms with Gasteiger partial charge in [-0.1, -0.05) is 18.2 Å². The van der Waals surface area contributed by atoms with E-state index in [4.69, 9.17) is 4.74 Å². The van der Waals surface area contributed by atoms with Crippen LogP contribution in [0, 0.1) is 0 Å². The van der Waals surface area contributed by atoms with E-state index in [0.717, 1.165) is 32.6 Å². The molecule has 1 aromatic rings. The van der Waals surface area contributed by atoms with E-state index in [1.807, 2.05) is 0 Å². The van der Waals surface area contributed by atoms with Gasteiger partial charge in [0, 0.05) is 45.3 Å². The molecule has 2 fully saturated rings. The van der Waals surface area contributed by atoms with Gasteiger partial charge in [-0.05, 0) is 18.1 Å². The molecule has 0 bridgehead atoms. The molecule has 8 heteroatoms. The predicted octanol–water partition coefficient (Wildman–Crippen LogP) is 0.283. The number of carbonyl (C=O) groups is 1. The zero-order valence-electron chi connectivity index (χ0n) is 14.5. The molecular formula is C17H25N3O4S. The third kappa shape index (κ3) is 4.20. The van der Waals surface area contributed by atoms with Crippen molar-refractivity contribution in [2.75, 3.05) is 46.4 Å². The topological polar surface area (TPSA) is 79.0 Å². The van der Waals surface area contributed by atoms with Crippen LogP contribution in [0.3, 0.4) is 0 Å². The molecule has 138 valence electrons. The second-order valence-electron chi connectivity index (χ2n) is 6.49. The van der Waals surface area contributed by atoms with Crippen molar-refractivity contribution in [3.8, 4) is 0 Å². The molecule has 0 amide bonds. The number of nitrogens with zero attached hydrogens (tertiary/aromatic N) is 2. The number of rotatable bonds is 5. The lowest BCUT2D eigenvalue weighted by Crippen LogP contribution is -2.49. The van der Waals surface area contributed by atoms with Crippen LogP contribution in [0.1, 0.15) is 22.3 Å². The number of piperazine rings is 1. The Labute approximate surface area is 149 Å². The molecular weight excluding hydrogens is 342 g/mol. The number of esters is 1. The Hall–Kier alpha value is -1.48. The van der Waals surface area contributed by atoms with Crippen molar-refractivity contribution in [3.63, 3.8) is 0 Å². The fourth-order valence-electron chi connectivity index (χ4n) is 3.55. The molecule has 7 nitrogen and oxygen atoms in total. The van der Waals surface area contributed by atoms with Crippen LogP contribution in [0.25, 0.3) is 0 Å². The monoisotopic (exact) mass is 367 g/mol. The molecule has 0 aliphatic carbocycles. The van der Waals surface area contributed by atoms with Crippen molar-refractivity contribution in [2.45, 2.75) is 18.2 Å². The highest BCUT2D eigenvalue weighted by Crippen LogP contribution is 2.23. The van der Waals surface area contributed by atoms with E-state index in [1.165, 1.54) is 7.11 Å². The van der Waals surface area contributed by atoms with E-state index in [-0.39, 0.29) is 11.8 Å². The Bertz CT molecular complexity index is 716. The minimum Gasteiger partial charge on any atom is -0.465 e. The van der Waals surface area contributed by atoms with Gasteiger partial charge in [-0.3, -0.25) is 4.90 Å². The number of nitrogens with one attached hydrogen (secondary N) is 1. The summed E-state index contributed by atoms with van der Waals surface area (Å²) >= 11 is 0. The largest absolute Gasteiger partial charge is 0.465 e. The van der Waals surface area contributed by atoms with E-state index in [0.29, 0.717) is 24.2 Å². The molecule has 0 aromatic heterocycles. The molecule has 1 N–H and O–H groups in total. The average Bonchev–Trinajstić information content (AvgIpc) is 3.13. The van der Waals surface area contributed by atoms with Crippen LogP contribution in [0.15, 0.2) is 24.3 Å². The molecule has 0 spiro atoms. The van der Waals surface area contributed by atoms with Crippen molar-refractivity contribution in [1.29, 1.82) is 0 Å². The lowest BCUT2D eigenvalue weighted by molar-refractivity contribution is 0.0600. The maximum Gasteiger partial charge on any atom is 0.338 e. The number of ether oxygens (including phenoxy) is 1. The Morgan fingerprint density at radius 1 is 1.24 bits per heavy atom. The number of benzene rings is 1. The SMILES string of the molecule is COC(=O)c1ccccc1CS(=O)(=O)N1CCC(N2CCNCC2)C1. The summed E-state index contributed by atoms with van der Waals surface area (Å²) in [7, 11) is -2.17. The van der Waals surface area contributed by atoms with Gasteiger partial charge in [-0.15, -0.1) is 0 Å². The van der Waals surface area contributed by atoms with E-state index < -0.39 is 16.0 Å². The fourth-order valence-corrected chi connectivity index (χ4v) is 5.16. The summed E-state index contributed by atoms with van der Waals surface area (Å²) in [6.07, 6.45) is 0.859. The highest BCUT2D eigenvalue weighted by Gasteiger charge is 2.35. The minimum atomic E-state index is -3.47. The van der Waals surface area contributed by atoms with Crippen LogP contribution in [0.2, 0.25) is 0 Å². The van der Waals surface area contributed by atoms with Crippen LogP contribution >= 0.6 is 0 Å². The van der Waals surface area contributed by atoms with E-state index in [1.54, 1.807) is 28.6 Å². The van der Waals surface area contributed by atoms with Crippen molar-refractivity contribution in [1.82, 2.24) is 14.5 Å². The summed E-state index contributed by atoms with van der Waals surface area (Å²) < 4.78 is 32.0. The van der Waals surface area contributed by atoms with Crippen molar-refractivity contribution < 1.29 is 17.9 Å². The van der Waals surface area contributed by atoms with Gasteiger partial charge in [0.15, 0.2) is 0 Å². The molecule has 3 rings (SSSR count). The number of methoxy groups -OCH3 is 1. The maximum atomic E-state index is 12.8. The lowest BCUT2D eigenvalue weighted by Gasteiger charge is -2.32. The number of hydrogen-bond acceptors (Lipinski definition) is 6. The van der Waals surface area contributed by atoms with Gasteiger partial charge >= 0.3 is 5.97 Å². The molecule has 0 radical (unpaired) electrons. The first-order valence-corrected chi connectivity index (χ1v) is 10.2. The fraction of sp³-hybridized carbons (Fsp3) is 0.588. The first-order chi connectivity index (χ1) is 12.0. The highest BCUT2D eigenvalue weighted by molar-refractivity contribution is 7.88. The number of hydrogen-bond donors (Lipinski definition) is 1. The molecule has 25 heavy (non-hydrogen) atoms. The first-order valence-electron chi connectivity index (χ1n) is 8.60. The predicted molar refractivity (Wildman–Crippen MR) is 94.8 cm³/mol. The minimum absolute atomic E-state index is 0.174. The highest BCUT2D eigenvalue weighted by atomic mass is 32.2. The smallest absolute Gasteiger partial charge is 0.338 e. The van der Waals surface area contributed by atoms with E-state index in [9.17, 15) is 13.2 Å². The molecule has 2 saturated heterocycles. The lowest BCUT2D eigenvalue weighted by atomic mass is 10.1. The van der Waals surface area contributed by atoms with Gasteiger partial charge in [0.1, 0.15) is 0 Å². The van der Waals surface area contributed by atoms with Crippen molar-refractivity contribution in [3.05, 3.63) is 35.4 Å². The van der Waals surface area contributed by atoms with Crippen LogP contribution in [-0.4, -0.2) is 76.0 Å². The summed E-state index contributed by atoms with van der Waals surface area (Å²) in [5, 5.41) is 3.32. The van der Waals surface area contributed by atoms with Crippen molar-refractivity contribution >= 4 is 16.0 Å². The van der Waals surface area contributed by atoms with Crippen LogP contribution in [0.4, 0.5) is 0 Å². The van der Waals surface area contributed by atoms with Gasteiger partial charge in [-0.2, -0.15) is 0 Å². The quantitative estimate of drug-likeness (QED) is 0.754. The van der Waals surface area contributed by atoms with Gasteiger partial charge < -0.3 is 10.1 Å². The summed E-state index contributed by atoms with van der Waals surface area (Å²) in [5.74, 6) is -0.682. The Morgan fingerprint density at radius 2 is 1.96 bits per heavy atom. The Kier molecular flexibility index (Phi) is 5.73. The van der Waals surface area contributed by atoms with Gasteiger partial charge in [0.25, 0.3) is 0 Å². The van der Waals surface area contributed by atoms with Crippen molar-refractivity contribution in [2.24, 2.45) is 0 Å². The van der Waals surface area contributed by atoms with Crippen LogP contribution < -0.4 is 5.32 Å². The van der Waals surface area contributed by atoms with E-state index >= 15 is 0 Å². The Balaban J connectivity index is 1.70. The second-order valence-corrected chi connectivity index (χ2v) is 8.46. The normalized spacial score (nSPS) is 22.8. The zero-order valence-corrected chi connectivity index (χ0v) is 15.3. The standard InChI is InChI=1S/C17H25N3O4S/c1-24-17(21)16-5-3-2-4-14(16)13-25(22,23)20-9-6-15(12-20)19-10-7-18-8-11-19/h2-5,15,18H,6-13H2,1H3. The molecule has 0 saturated carbocycles. The third-order valence-corrected chi connectivity index (χ3v) is 6.74. The molecule has 2 aliphatic rings. The van der Waals surface area contributed by atoms with Gasteiger partial charge in [-0.25, -0.2) is 17.5 Å². The molecule has 2 aliphatic heterocycles. The Morgan fingerprint density at radius 3 is 2.68 bits per heavy atom. The number of sulfonamides is 1. The third-order valence-electron chi connectivity index (χ3n) is 4.95. The molecule has 1 unspecified atom stereocenters. The molecule has 2 heterocycles. The van der Waals surface area contributed by atoms with E-state index in [2.05, 4.69) is 10.2 Å². The summed E-state index contributed by atoms with van der Waals surface area (Å²) in [4.78, 5) is 14.2. The first kappa shape index (κ1) is 18.3. The summed E-state index contributed by atoms with van der Waals surface area (Å²) in [6.45, 7) is 4.90. The average molecular weight is 367 g/mol. The maximum absolute atomic E-state index is 12.8. The van der Waals surface area contributed by atoms with Gasteiger partial charge in [0.05, 0.1) is 18.4 Å². The zero-order chi connectivity index (χ0) is 17.9.